The molecule has 0 aliphatic carbocycles. The number of rotatable bonds is 4. The van der Waals surface area contributed by atoms with Crippen LogP contribution in [0.15, 0.2) is 0 Å². The highest BCUT2D eigenvalue weighted by molar-refractivity contribution is 5.11. The third kappa shape index (κ3) is 2.49. The maximum Gasteiger partial charge on any atom is 0.135 e. The van der Waals surface area contributed by atoms with Crippen LogP contribution in [0.5, 0.6) is 0 Å². The molecule has 1 heterocycles. The van der Waals surface area contributed by atoms with Crippen LogP contribution in [0.1, 0.15) is 13.8 Å². The zero-order valence-electron chi connectivity index (χ0n) is 9.82. The fraction of sp³-hybridized carbons (Fsp3) is 0.909. The first-order valence-corrected chi connectivity index (χ1v) is 5.40. The Morgan fingerprint density at radius 3 is 2.47 bits per heavy atom. The smallest absolute Gasteiger partial charge is 0.135 e. The molecule has 0 aromatic rings. The van der Waals surface area contributed by atoms with Crippen LogP contribution >= 0.6 is 0 Å². The number of hydrogen-bond donors (Lipinski definition) is 0. The lowest BCUT2D eigenvalue weighted by Crippen LogP contribution is -2.58. The van der Waals surface area contributed by atoms with Gasteiger partial charge in [-0.25, -0.2) is 0 Å². The van der Waals surface area contributed by atoms with Gasteiger partial charge in [0.2, 0.25) is 0 Å². The van der Waals surface area contributed by atoms with Crippen molar-refractivity contribution >= 4 is 0 Å². The standard InChI is InChI=1S/C11H20N2O2/c1-10(2)11(8-12,9-14-3)13-4-6-15-7-5-13/h10H,4-7,9H2,1-3H3. The van der Waals surface area contributed by atoms with Crippen LogP contribution in [0.2, 0.25) is 0 Å². The van der Waals surface area contributed by atoms with Gasteiger partial charge in [-0.1, -0.05) is 13.8 Å². The van der Waals surface area contributed by atoms with Gasteiger partial charge in [-0.05, 0) is 5.92 Å². The minimum atomic E-state index is -0.501. The molecule has 1 fully saturated rings. The van der Waals surface area contributed by atoms with Gasteiger partial charge < -0.3 is 9.47 Å². The maximum atomic E-state index is 9.42. The molecule has 0 bridgehead atoms. The molecule has 1 atom stereocenters. The third-order valence-corrected chi connectivity index (χ3v) is 3.09. The molecule has 1 aliphatic heterocycles. The molecule has 4 heteroatoms. The highest BCUT2D eigenvalue weighted by Crippen LogP contribution is 2.25. The molecule has 1 aliphatic rings. The Bertz CT molecular complexity index is 231. The predicted octanol–water partition coefficient (Wildman–Crippen LogP) is 0.883. The van der Waals surface area contributed by atoms with E-state index in [1.54, 1.807) is 7.11 Å². The molecular formula is C11H20N2O2. The van der Waals surface area contributed by atoms with E-state index >= 15 is 0 Å². The van der Waals surface area contributed by atoms with Crippen molar-refractivity contribution < 1.29 is 9.47 Å². The Hall–Kier alpha value is -0.630. The van der Waals surface area contributed by atoms with Crippen molar-refractivity contribution in [3.63, 3.8) is 0 Å². The summed E-state index contributed by atoms with van der Waals surface area (Å²) in [6.07, 6.45) is 0. The van der Waals surface area contributed by atoms with Crippen molar-refractivity contribution in [2.75, 3.05) is 40.0 Å². The molecule has 0 aromatic heterocycles. The summed E-state index contributed by atoms with van der Waals surface area (Å²) >= 11 is 0. The number of methoxy groups -OCH3 is 1. The predicted molar refractivity (Wildman–Crippen MR) is 57.5 cm³/mol. The van der Waals surface area contributed by atoms with Crippen molar-refractivity contribution in [1.29, 1.82) is 5.26 Å². The van der Waals surface area contributed by atoms with Gasteiger partial charge in [-0.2, -0.15) is 5.26 Å². The highest BCUT2D eigenvalue weighted by Gasteiger charge is 2.40. The Balaban J connectivity index is 2.82. The van der Waals surface area contributed by atoms with Crippen molar-refractivity contribution in [3.8, 4) is 6.07 Å². The molecule has 0 N–H and O–H groups in total. The van der Waals surface area contributed by atoms with E-state index in [0.717, 1.165) is 13.1 Å². The minimum absolute atomic E-state index is 0.251. The Morgan fingerprint density at radius 2 is 2.07 bits per heavy atom. The van der Waals surface area contributed by atoms with Gasteiger partial charge in [0.25, 0.3) is 0 Å². The number of nitriles is 1. The first-order chi connectivity index (χ1) is 7.17. The largest absolute Gasteiger partial charge is 0.382 e. The van der Waals surface area contributed by atoms with Crippen LogP contribution in [-0.2, 0) is 9.47 Å². The molecule has 0 radical (unpaired) electrons. The minimum Gasteiger partial charge on any atom is -0.382 e. The van der Waals surface area contributed by atoms with E-state index in [-0.39, 0.29) is 5.92 Å². The second-order valence-corrected chi connectivity index (χ2v) is 4.22. The topological polar surface area (TPSA) is 45.5 Å². The van der Waals surface area contributed by atoms with E-state index in [2.05, 4.69) is 24.8 Å². The second kappa shape index (κ2) is 5.45. The first-order valence-electron chi connectivity index (χ1n) is 5.40. The summed E-state index contributed by atoms with van der Waals surface area (Å²) in [7, 11) is 1.65. The van der Waals surface area contributed by atoms with Crippen LogP contribution in [0.25, 0.3) is 0 Å². The first kappa shape index (κ1) is 12.4. The lowest BCUT2D eigenvalue weighted by atomic mass is 9.86. The van der Waals surface area contributed by atoms with Gasteiger partial charge in [-0.15, -0.1) is 0 Å². The molecule has 0 spiro atoms. The van der Waals surface area contributed by atoms with E-state index in [0.29, 0.717) is 19.8 Å². The summed E-state index contributed by atoms with van der Waals surface area (Å²) in [5, 5.41) is 9.42. The number of nitrogens with zero attached hydrogens (tertiary/aromatic N) is 2. The lowest BCUT2D eigenvalue weighted by Gasteiger charge is -2.42. The van der Waals surface area contributed by atoms with Crippen LogP contribution in [-0.4, -0.2) is 50.5 Å². The second-order valence-electron chi connectivity index (χ2n) is 4.22. The molecule has 1 saturated heterocycles. The van der Waals surface area contributed by atoms with Gasteiger partial charge in [-0.3, -0.25) is 4.90 Å². The van der Waals surface area contributed by atoms with Gasteiger partial charge in [0.05, 0.1) is 25.9 Å². The quantitative estimate of drug-likeness (QED) is 0.694. The number of hydrogen-bond acceptors (Lipinski definition) is 4. The Morgan fingerprint density at radius 1 is 1.47 bits per heavy atom. The fourth-order valence-corrected chi connectivity index (χ4v) is 2.04. The molecule has 0 aromatic carbocycles. The lowest BCUT2D eigenvalue weighted by molar-refractivity contribution is -0.0458. The van der Waals surface area contributed by atoms with Gasteiger partial charge in [0, 0.05) is 20.2 Å². The summed E-state index contributed by atoms with van der Waals surface area (Å²) in [5.74, 6) is 0.251. The monoisotopic (exact) mass is 212 g/mol. The maximum absolute atomic E-state index is 9.42. The molecule has 4 nitrogen and oxygen atoms in total. The van der Waals surface area contributed by atoms with Gasteiger partial charge in [0.15, 0.2) is 0 Å². The molecule has 1 unspecified atom stereocenters. The van der Waals surface area contributed by atoms with Crippen LogP contribution in [0.4, 0.5) is 0 Å². The Kier molecular flexibility index (Phi) is 4.52. The van der Waals surface area contributed by atoms with Gasteiger partial charge >= 0.3 is 0 Å². The summed E-state index contributed by atoms with van der Waals surface area (Å²) in [6, 6.07) is 2.43. The van der Waals surface area contributed by atoms with E-state index in [9.17, 15) is 5.26 Å². The van der Waals surface area contributed by atoms with E-state index in [1.807, 2.05) is 0 Å². The zero-order valence-corrected chi connectivity index (χ0v) is 9.82. The van der Waals surface area contributed by atoms with E-state index in [1.165, 1.54) is 0 Å². The normalized spacial score (nSPS) is 22.3. The fourth-order valence-electron chi connectivity index (χ4n) is 2.04. The van der Waals surface area contributed by atoms with Crippen molar-refractivity contribution in [1.82, 2.24) is 4.90 Å². The van der Waals surface area contributed by atoms with Crippen molar-refractivity contribution in [2.45, 2.75) is 19.4 Å². The zero-order chi connectivity index (χ0) is 11.3. The summed E-state index contributed by atoms with van der Waals surface area (Å²) in [4.78, 5) is 2.19. The number of ether oxygens (including phenoxy) is 2. The molecule has 86 valence electrons. The molecule has 0 amide bonds. The van der Waals surface area contributed by atoms with Crippen LogP contribution < -0.4 is 0 Å². The molecule has 15 heavy (non-hydrogen) atoms. The summed E-state index contributed by atoms with van der Waals surface area (Å²) < 4.78 is 10.5. The van der Waals surface area contributed by atoms with Crippen molar-refractivity contribution in [2.24, 2.45) is 5.92 Å². The molecule has 0 saturated carbocycles. The average Bonchev–Trinajstić information content (AvgIpc) is 2.26. The third-order valence-electron chi connectivity index (χ3n) is 3.09. The highest BCUT2D eigenvalue weighted by atomic mass is 16.5. The SMILES string of the molecule is COCC(C#N)(C(C)C)N1CCOCC1. The summed E-state index contributed by atoms with van der Waals surface area (Å²) in [5.41, 5.74) is -0.501. The average molecular weight is 212 g/mol. The molecule has 1 rings (SSSR count). The van der Waals surface area contributed by atoms with E-state index in [4.69, 9.17) is 9.47 Å². The number of morpholine rings is 1. The molecular weight excluding hydrogens is 192 g/mol. The van der Waals surface area contributed by atoms with Crippen LogP contribution in [0.3, 0.4) is 0 Å². The Labute approximate surface area is 91.8 Å². The van der Waals surface area contributed by atoms with Crippen LogP contribution in [0, 0.1) is 17.2 Å². The van der Waals surface area contributed by atoms with Gasteiger partial charge in [0.1, 0.15) is 5.54 Å². The summed E-state index contributed by atoms with van der Waals surface area (Å²) in [6.45, 7) is 7.64. The van der Waals surface area contributed by atoms with E-state index < -0.39 is 5.54 Å². The van der Waals surface area contributed by atoms with Crippen molar-refractivity contribution in [3.05, 3.63) is 0 Å².